The molecule has 1 rings (SSSR count). The number of carbonyl (C=O) groups excluding carboxylic acids is 1. The van der Waals surface area contributed by atoms with Crippen LogP contribution >= 0.6 is 0 Å². The molecule has 1 aromatic carbocycles. The Morgan fingerprint density at radius 3 is 2.56 bits per heavy atom. The molecule has 16 heavy (non-hydrogen) atoms. The Kier molecular flexibility index (Phi) is 4.99. The molecule has 0 aliphatic heterocycles. The van der Waals surface area contributed by atoms with Crippen molar-refractivity contribution < 1.29 is 9.90 Å². The van der Waals surface area contributed by atoms with Gasteiger partial charge in [-0.2, -0.15) is 0 Å². The first-order valence-corrected chi connectivity index (χ1v) is 5.60. The van der Waals surface area contributed by atoms with Crippen LogP contribution in [0, 0.1) is 6.92 Å². The van der Waals surface area contributed by atoms with E-state index in [0.29, 0.717) is 12.8 Å². The van der Waals surface area contributed by atoms with Crippen LogP contribution in [-0.4, -0.2) is 17.6 Å². The third-order valence-electron chi connectivity index (χ3n) is 2.52. The second-order valence-corrected chi connectivity index (χ2v) is 4.03. The zero-order valence-electron chi connectivity index (χ0n) is 9.86. The minimum absolute atomic E-state index is 0.0119. The Morgan fingerprint density at radius 1 is 1.38 bits per heavy atom. The normalized spacial score (nSPS) is 12.2. The summed E-state index contributed by atoms with van der Waals surface area (Å²) in [6.45, 7) is 4.06. The molecule has 3 nitrogen and oxygen atoms in total. The summed E-state index contributed by atoms with van der Waals surface area (Å²) in [7, 11) is 0. The summed E-state index contributed by atoms with van der Waals surface area (Å²) in [5, 5.41) is 11.5. The van der Waals surface area contributed by atoms with Crippen molar-refractivity contribution in [3.8, 4) is 0 Å². The molecule has 0 aliphatic rings. The molecule has 0 saturated heterocycles. The maximum atomic E-state index is 11.4. The molecule has 0 aromatic heterocycles. The van der Waals surface area contributed by atoms with E-state index in [-0.39, 0.29) is 18.6 Å². The summed E-state index contributed by atoms with van der Waals surface area (Å²) in [5.74, 6) is -0.0119. The third kappa shape index (κ3) is 4.03. The van der Waals surface area contributed by atoms with E-state index in [0.717, 1.165) is 5.56 Å². The third-order valence-corrected chi connectivity index (χ3v) is 2.52. The van der Waals surface area contributed by atoms with Crippen LogP contribution in [-0.2, 0) is 4.79 Å². The fourth-order valence-corrected chi connectivity index (χ4v) is 1.49. The molecule has 0 radical (unpaired) electrons. The molecule has 0 saturated carbocycles. The van der Waals surface area contributed by atoms with Gasteiger partial charge in [-0.05, 0) is 25.8 Å². The van der Waals surface area contributed by atoms with Gasteiger partial charge in [-0.25, -0.2) is 0 Å². The molecule has 0 heterocycles. The average Bonchev–Trinajstić information content (AvgIpc) is 2.27. The highest BCUT2D eigenvalue weighted by molar-refractivity contribution is 5.76. The minimum Gasteiger partial charge on any atom is -0.396 e. The summed E-state index contributed by atoms with van der Waals surface area (Å²) < 4.78 is 0. The summed E-state index contributed by atoms with van der Waals surface area (Å²) in [5.41, 5.74) is 2.31. The number of nitrogens with one attached hydrogen (secondary N) is 1. The molecule has 0 fully saturated rings. The van der Waals surface area contributed by atoms with Gasteiger partial charge in [0.1, 0.15) is 0 Å². The fraction of sp³-hybridized carbons (Fsp3) is 0.462. The van der Waals surface area contributed by atoms with Crippen LogP contribution in [0.15, 0.2) is 24.3 Å². The summed E-state index contributed by atoms with van der Waals surface area (Å²) in [6.07, 6.45) is 0.902. The van der Waals surface area contributed by atoms with Gasteiger partial charge in [0.15, 0.2) is 0 Å². The van der Waals surface area contributed by atoms with E-state index in [1.807, 2.05) is 38.1 Å². The van der Waals surface area contributed by atoms with E-state index in [4.69, 9.17) is 5.11 Å². The molecular weight excluding hydrogens is 202 g/mol. The first-order chi connectivity index (χ1) is 7.63. The number of carbonyl (C=O) groups is 1. The highest BCUT2D eigenvalue weighted by Gasteiger charge is 2.08. The highest BCUT2D eigenvalue weighted by atomic mass is 16.3. The van der Waals surface area contributed by atoms with E-state index in [1.165, 1.54) is 5.56 Å². The lowest BCUT2D eigenvalue weighted by atomic mass is 10.1. The number of rotatable bonds is 5. The van der Waals surface area contributed by atoms with E-state index >= 15 is 0 Å². The van der Waals surface area contributed by atoms with Gasteiger partial charge < -0.3 is 10.4 Å². The van der Waals surface area contributed by atoms with Gasteiger partial charge in [-0.15, -0.1) is 0 Å². The number of hydrogen-bond donors (Lipinski definition) is 2. The monoisotopic (exact) mass is 221 g/mol. The van der Waals surface area contributed by atoms with Gasteiger partial charge >= 0.3 is 0 Å². The molecule has 88 valence electrons. The van der Waals surface area contributed by atoms with Crippen LogP contribution in [0.25, 0.3) is 0 Å². The molecule has 3 heteroatoms. The zero-order valence-corrected chi connectivity index (χ0v) is 9.86. The molecule has 0 bridgehead atoms. The number of aryl methyl sites for hydroxylation is 1. The molecule has 2 N–H and O–H groups in total. The van der Waals surface area contributed by atoms with Crippen LogP contribution in [0.4, 0.5) is 0 Å². The van der Waals surface area contributed by atoms with Crippen molar-refractivity contribution in [3.05, 3.63) is 35.4 Å². The Hall–Kier alpha value is -1.35. The van der Waals surface area contributed by atoms with Crippen molar-refractivity contribution in [3.63, 3.8) is 0 Å². The lowest BCUT2D eigenvalue weighted by Crippen LogP contribution is -2.26. The Morgan fingerprint density at radius 2 is 2.00 bits per heavy atom. The number of hydrogen-bond acceptors (Lipinski definition) is 2. The standard InChI is InChI=1S/C13H19NO2/c1-10-5-7-12(8-6-10)11(2)14-13(16)4-3-9-15/h5-8,11,15H,3-4,9H2,1-2H3,(H,14,16). The lowest BCUT2D eigenvalue weighted by Gasteiger charge is -2.14. The Balaban J connectivity index is 2.48. The summed E-state index contributed by atoms with van der Waals surface area (Å²) >= 11 is 0. The molecule has 0 spiro atoms. The second kappa shape index (κ2) is 6.28. The van der Waals surface area contributed by atoms with Crippen LogP contribution < -0.4 is 5.32 Å². The maximum Gasteiger partial charge on any atom is 0.220 e. The van der Waals surface area contributed by atoms with Gasteiger partial charge in [-0.1, -0.05) is 29.8 Å². The smallest absolute Gasteiger partial charge is 0.220 e. The van der Waals surface area contributed by atoms with Crippen LogP contribution in [0.3, 0.4) is 0 Å². The van der Waals surface area contributed by atoms with Crippen molar-refractivity contribution in [1.29, 1.82) is 0 Å². The maximum absolute atomic E-state index is 11.4. The first kappa shape index (κ1) is 12.7. The summed E-state index contributed by atoms with van der Waals surface area (Å²) in [4.78, 5) is 11.4. The predicted molar refractivity (Wildman–Crippen MR) is 64.1 cm³/mol. The quantitative estimate of drug-likeness (QED) is 0.798. The highest BCUT2D eigenvalue weighted by Crippen LogP contribution is 2.13. The van der Waals surface area contributed by atoms with Crippen molar-refractivity contribution in [2.45, 2.75) is 32.7 Å². The molecule has 0 aliphatic carbocycles. The van der Waals surface area contributed by atoms with Gasteiger partial charge in [0, 0.05) is 13.0 Å². The van der Waals surface area contributed by atoms with Gasteiger partial charge in [0.05, 0.1) is 6.04 Å². The summed E-state index contributed by atoms with van der Waals surface area (Å²) in [6, 6.07) is 8.13. The first-order valence-electron chi connectivity index (χ1n) is 5.60. The Labute approximate surface area is 96.5 Å². The van der Waals surface area contributed by atoms with Gasteiger partial charge in [0.2, 0.25) is 5.91 Å². The SMILES string of the molecule is Cc1ccc(C(C)NC(=O)CCCO)cc1. The van der Waals surface area contributed by atoms with Crippen molar-refractivity contribution in [2.75, 3.05) is 6.61 Å². The second-order valence-electron chi connectivity index (χ2n) is 4.03. The predicted octanol–water partition coefficient (Wildman–Crippen LogP) is 1.94. The van der Waals surface area contributed by atoms with Gasteiger partial charge in [-0.3, -0.25) is 4.79 Å². The van der Waals surface area contributed by atoms with Crippen LogP contribution in [0.5, 0.6) is 0 Å². The van der Waals surface area contributed by atoms with E-state index < -0.39 is 0 Å². The number of amides is 1. The number of aliphatic hydroxyl groups is 1. The fourth-order valence-electron chi connectivity index (χ4n) is 1.49. The largest absolute Gasteiger partial charge is 0.396 e. The lowest BCUT2D eigenvalue weighted by molar-refractivity contribution is -0.122. The molecule has 1 unspecified atom stereocenters. The zero-order chi connectivity index (χ0) is 12.0. The van der Waals surface area contributed by atoms with Crippen LogP contribution in [0.1, 0.15) is 36.9 Å². The van der Waals surface area contributed by atoms with Gasteiger partial charge in [0.25, 0.3) is 0 Å². The number of aliphatic hydroxyl groups excluding tert-OH is 1. The van der Waals surface area contributed by atoms with E-state index in [9.17, 15) is 4.79 Å². The minimum atomic E-state index is -0.0119. The average molecular weight is 221 g/mol. The number of benzene rings is 1. The topological polar surface area (TPSA) is 49.3 Å². The van der Waals surface area contributed by atoms with Crippen molar-refractivity contribution in [2.24, 2.45) is 0 Å². The molecule has 1 atom stereocenters. The molecule has 1 amide bonds. The van der Waals surface area contributed by atoms with Crippen molar-refractivity contribution >= 4 is 5.91 Å². The van der Waals surface area contributed by atoms with Crippen molar-refractivity contribution in [1.82, 2.24) is 5.32 Å². The Bertz CT molecular complexity index is 332. The van der Waals surface area contributed by atoms with E-state index in [1.54, 1.807) is 0 Å². The molecular formula is C13H19NO2. The van der Waals surface area contributed by atoms with E-state index in [2.05, 4.69) is 5.32 Å². The van der Waals surface area contributed by atoms with Crippen LogP contribution in [0.2, 0.25) is 0 Å². The molecule has 1 aromatic rings.